The Morgan fingerprint density at radius 3 is 2.80 bits per heavy atom. The highest BCUT2D eigenvalue weighted by molar-refractivity contribution is 5.82. The Bertz CT molecular complexity index is 800. The van der Waals surface area contributed by atoms with Crippen LogP contribution in [0.15, 0.2) is 47.0 Å². The summed E-state index contributed by atoms with van der Waals surface area (Å²) in [5.74, 6) is 0.888. The van der Waals surface area contributed by atoms with Crippen LogP contribution in [0.3, 0.4) is 0 Å². The van der Waals surface area contributed by atoms with Crippen molar-refractivity contribution in [2.24, 2.45) is 0 Å². The first-order valence-corrected chi connectivity index (χ1v) is 5.94. The fraction of sp³-hybridized carbons (Fsp3) is 0.0714. The molecule has 2 aromatic heterocycles. The maximum Gasteiger partial charge on any atom is 0.271 e. The first kappa shape index (κ1) is 12.2. The zero-order valence-electron chi connectivity index (χ0n) is 10.4. The summed E-state index contributed by atoms with van der Waals surface area (Å²) < 4.78 is 7.15. The van der Waals surface area contributed by atoms with Gasteiger partial charge in [-0.15, -0.1) is 0 Å². The molecule has 6 nitrogen and oxygen atoms in total. The Kier molecular flexibility index (Phi) is 2.83. The molecule has 0 aliphatic rings. The second kappa shape index (κ2) is 4.65. The van der Waals surface area contributed by atoms with Crippen molar-refractivity contribution in [3.63, 3.8) is 0 Å². The molecule has 20 heavy (non-hydrogen) atoms. The fourth-order valence-electron chi connectivity index (χ4n) is 2.13. The van der Waals surface area contributed by atoms with Crippen molar-refractivity contribution in [1.82, 2.24) is 4.57 Å². The molecular formula is C14H10N2O4. The molecule has 0 spiro atoms. The molecule has 3 rings (SSSR count). The molecule has 0 N–H and O–H groups in total. The normalized spacial score (nSPS) is 10.8. The molecule has 0 aliphatic heterocycles. The second-order valence-corrected chi connectivity index (χ2v) is 4.37. The minimum Gasteiger partial charge on any atom is -0.456 e. The van der Waals surface area contributed by atoms with Crippen LogP contribution >= 0.6 is 0 Å². The lowest BCUT2D eigenvalue weighted by Crippen LogP contribution is -1.97. The third kappa shape index (κ3) is 2.07. The Balaban J connectivity index is 2.00. The van der Waals surface area contributed by atoms with Crippen LogP contribution in [-0.2, 0) is 6.54 Å². The molecule has 0 fully saturated rings. The zero-order valence-corrected chi connectivity index (χ0v) is 10.4. The van der Waals surface area contributed by atoms with E-state index in [0.29, 0.717) is 18.6 Å². The number of non-ortho nitro benzene ring substituents is 1. The number of aromatic nitrogens is 1. The highest BCUT2D eigenvalue weighted by Crippen LogP contribution is 2.23. The number of nitro benzene ring substituents is 1. The van der Waals surface area contributed by atoms with E-state index in [1.165, 1.54) is 12.1 Å². The number of nitro groups is 1. The number of benzene rings is 1. The molecule has 100 valence electrons. The fourth-order valence-corrected chi connectivity index (χ4v) is 2.13. The molecule has 0 radical (unpaired) electrons. The topological polar surface area (TPSA) is 78.3 Å². The minimum atomic E-state index is -0.422. The SMILES string of the molecule is O=Cc1ccc(Cn2ccc3ccc([N+](=O)[O-])cc32)o1. The number of carbonyl (C=O) groups excluding carboxylic acids is 1. The van der Waals surface area contributed by atoms with Crippen LogP contribution in [0.5, 0.6) is 0 Å². The van der Waals surface area contributed by atoms with Crippen LogP contribution in [0, 0.1) is 10.1 Å². The molecule has 6 heteroatoms. The summed E-state index contributed by atoms with van der Waals surface area (Å²) in [5, 5.41) is 11.7. The van der Waals surface area contributed by atoms with Crippen LogP contribution in [0.25, 0.3) is 10.9 Å². The Labute approximate surface area is 113 Å². The quantitative estimate of drug-likeness (QED) is 0.414. The van der Waals surface area contributed by atoms with Crippen LogP contribution in [0.1, 0.15) is 16.3 Å². The van der Waals surface area contributed by atoms with Gasteiger partial charge in [0.2, 0.25) is 0 Å². The molecule has 0 amide bonds. The number of nitrogens with zero attached hydrogens (tertiary/aromatic N) is 2. The predicted molar refractivity (Wildman–Crippen MR) is 71.8 cm³/mol. The van der Waals surface area contributed by atoms with Gasteiger partial charge in [0.05, 0.1) is 17.0 Å². The third-order valence-corrected chi connectivity index (χ3v) is 3.09. The van der Waals surface area contributed by atoms with Gasteiger partial charge in [0.25, 0.3) is 5.69 Å². The van der Waals surface area contributed by atoms with Gasteiger partial charge in [-0.05, 0) is 24.3 Å². The first-order valence-electron chi connectivity index (χ1n) is 5.94. The monoisotopic (exact) mass is 270 g/mol. The van der Waals surface area contributed by atoms with Crippen molar-refractivity contribution in [2.45, 2.75) is 6.54 Å². The van der Waals surface area contributed by atoms with Crippen molar-refractivity contribution in [2.75, 3.05) is 0 Å². The molecule has 2 heterocycles. The van der Waals surface area contributed by atoms with Gasteiger partial charge in [0.1, 0.15) is 5.76 Å². The van der Waals surface area contributed by atoms with Gasteiger partial charge in [0.15, 0.2) is 12.0 Å². The summed E-state index contributed by atoms with van der Waals surface area (Å²) in [6.07, 6.45) is 2.47. The lowest BCUT2D eigenvalue weighted by Gasteiger charge is -2.02. The number of aldehydes is 1. The van der Waals surface area contributed by atoms with Gasteiger partial charge in [-0.25, -0.2) is 0 Å². The zero-order chi connectivity index (χ0) is 14.1. The lowest BCUT2D eigenvalue weighted by atomic mass is 10.2. The predicted octanol–water partition coefficient (Wildman–Crippen LogP) is 3.00. The van der Waals surface area contributed by atoms with Gasteiger partial charge >= 0.3 is 0 Å². The standard InChI is InChI=1S/C14H10N2O4/c17-9-13-4-3-12(20-13)8-15-6-5-10-1-2-11(16(18)19)7-14(10)15/h1-7,9H,8H2. The molecule has 1 aromatic carbocycles. The van der Waals surface area contributed by atoms with E-state index in [9.17, 15) is 14.9 Å². The lowest BCUT2D eigenvalue weighted by molar-refractivity contribution is -0.384. The number of hydrogen-bond acceptors (Lipinski definition) is 4. The Morgan fingerprint density at radius 2 is 2.10 bits per heavy atom. The van der Waals surface area contributed by atoms with Gasteiger partial charge in [-0.1, -0.05) is 0 Å². The van der Waals surface area contributed by atoms with Crippen LogP contribution in [-0.4, -0.2) is 15.8 Å². The number of furan rings is 1. The smallest absolute Gasteiger partial charge is 0.271 e. The van der Waals surface area contributed by atoms with E-state index in [2.05, 4.69) is 0 Å². The molecule has 0 unspecified atom stereocenters. The summed E-state index contributed by atoms with van der Waals surface area (Å²) in [5.41, 5.74) is 0.800. The molecule has 0 bridgehead atoms. The molecule has 0 aliphatic carbocycles. The largest absolute Gasteiger partial charge is 0.456 e. The number of fused-ring (bicyclic) bond motifs is 1. The maximum absolute atomic E-state index is 10.8. The van der Waals surface area contributed by atoms with E-state index in [0.717, 1.165) is 10.9 Å². The summed E-state index contributed by atoms with van der Waals surface area (Å²) in [6.45, 7) is 0.415. The highest BCUT2D eigenvalue weighted by Gasteiger charge is 2.10. The molecule has 0 saturated carbocycles. The van der Waals surface area contributed by atoms with Crippen molar-refractivity contribution in [3.05, 3.63) is 64.2 Å². The van der Waals surface area contributed by atoms with E-state index in [4.69, 9.17) is 4.42 Å². The van der Waals surface area contributed by atoms with Gasteiger partial charge in [0, 0.05) is 23.7 Å². The third-order valence-electron chi connectivity index (χ3n) is 3.09. The van der Waals surface area contributed by atoms with E-state index >= 15 is 0 Å². The van der Waals surface area contributed by atoms with E-state index in [1.807, 2.05) is 16.8 Å². The number of hydrogen-bond donors (Lipinski definition) is 0. The maximum atomic E-state index is 10.8. The van der Waals surface area contributed by atoms with Gasteiger partial charge in [-0.3, -0.25) is 14.9 Å². The average Bonchev–Trinajstić information content (AvgIpc) is 3.06. The minimum absolute atomic E-state index is 0.0467. The highest BCUT2D eigenvalue weighted by atomic mass is 16.6. The average molecular weight is 270 g/mol. The summed E-state index contributed by atoms with van der Waals surface area (Å²) >= 11 is 0. The molecule has 3 aromatic rings. The van der Waals surface area contributed by atoms with Crippen LogP contribution in [0.4, 0.5) is 5.69 Å². The summed E-state index contributed by atoms with van der Waals surface area (Å²) in [6, 6.07) is 9.90. The van der Waals surface area contributed by atoms with E-state index < -0.39 is 4.92 Å². The Hall–Kier alpha value is -2.89. The first-order chi connectivity index (χ1) is 9.67. The summed E-state index contributed by atoms with van der Waals surface area (Å²) in [7, 11) is 0. The van der Waals surface area contributed by atoms with Crippen LogP contribution in [0.2, 0.25) is 0 Å². The van der Waals surface area contributed by atoms with Crippen molar-refractivity contribution >= 4 is 22.9 Å². The van der Waals surface area contributed by atoms with E-state index in [-0.39, 0.29) is 11.4 Å². The van der Waals surface area contributed by atoms with Crippen molar-refractivity contribution in [1.29, 1.82) is 0 Å². The Morgan fingerprint density at radius 1 is 1.25 bits per heavy atom. The second-order valence-electron chi connectivity index (χ2n) is 4.37. The molecular weight excluding hydrogens is 260 g/mol. The summed E-state index contributed by atoms with van der Waals surface area (Å²) in [4.78, 5) is 21.0. The number of carbonyl (C=O) groups is 1. The van der Waals surface area contributed by atoms with Gasteiger partial charge < -0.3 is 8.98 Å². The molecule has 0 saturated heterocycles. The van der Waals surface area contributed by atoms with Crippen molar-refractivity contribution in [3.8, 4) is 0 Å². The van der Waals surface area contributed by atoms with E-state index in [1.54, 1.807) is 18.2 Å². The number of rotatable bonds is 4. The van der Waals surface area contributed by atoms with Crippen LogP contribution < -0.4 is 0 Å². The van der Waals surface area contributed by atoms with Crippen molar-refractivity contribution < 1.29 is 14.1 Å². The molecule has 0 atom stereocenters. The van der Waals surface area contributed by atoms with Gasteiger partial charge in [-0.2, -0.15) is 0 Å².